The normalized spacial score (nSPS) is 15.7. The Morgan fingerprint density at radius 3 is 2.67 bits per heavy atom. The molecule has 0 spiro atoms. The summed E-state index contributed by atoms with van der Waals surface area (Å²) < 4.78 is 13.0. The molecule has 1 aromatic rings. The van der Waals surface area contributed by atoms with Crippen LogP contribution in [0.5, 0.6) is 0 Å². The highest BCUT2D eigenvalue weighted by molar-refractivity contribution is 6.19. The fourth-order valence-corrected chi connectivity index (χ4v) is 1.45. The van der Waals surface area contributed by atoms with Gasteiger partial charge in [-0.1, -0.05) is 0 Å². The van der Waals surface area contributed by atoms with Gasteiger partial charge in [-0.15, -0.1) is 0 Å². The average molecular weight is 208 g/mol. The molecule has 4 nitrogen and oxygen atoms in total. The van der Waals surface area contributed by atoms with E-state index in [9.17, 15) is 14.0 Å². The molecule has 0 aliphatic carbocycles. The van der Waals surface area contributed by atoms with Crippen LogP contribution in [-0.2, 0) is 4.79 Å². The molecule has 2 rings (SSSR count). The number of carbonyl (C=O) groups is 2. The number of imide groups is 1. The first-order valence-electron chi connectivity index (χ1n) is 4.46. The van der Waals surface area contributed by atoms with Gasteiger partial charge in [0.1, 0.15) is 5.82 Å². The number of hydrogen-bond acceptors (Lipinski definition) is 2. The number of rotatable bonds is 1. The SMILES string of the molecule is Cc1cc(N2C(=O)CNC2=O)ccc1F. The average Bonchev–Trinajstić information content (AvgIpc) is 2.52. The third-order valence-electron chi connectivity index (χ3n) is 2.24. The molecule has 3 amide bonds. The van der Waals surface area contributed by atoms with E-state index in [1.54, 1.807) is 6.92 Å². The van der Waals surface area contributed by atoms with Crippen molar-refractivity contribution in [2.24, 2.45) is 0 Å². The lowest BCUT2D eigenvalue weighted by Gasteiger charge is -2.12. The molecule has 1 saturated heterocycles. The molecule has 15 heavy (non-hydrogen) atoms. The number of benzene rings is 1. The fraction of sp³-hybridized carbons (Fsp3) is 0.200. The second kappa shape index (κ2) is 3.34. The van der Waals surface area contributed by atoms with Crippen LogP contribution in [0.2, 0.25) is 0 Å². The second-order valence-corrected chi connectivity index (χ2v) is 3.32. The van der Waals surface area contributed by atoms with Gasteiger partial charge in [-0.25, -0.2) is 14.1 Å². The number of amides is 3. The van der Waals surface area contributed by atoms with Gasteiger partial charge >= 0.3 is 6.03 Å². The van der Waals surface area contributed by atoms with Crippen molar-refractivity contribution in [1.82, 2.24) is 5.32 Å². The zero-order valence-corrected chi connectivity index (χ0v) is 8.08. The third kappa shape index (κ3) is 1.56. The van der Waals surface area contributed by atoms with Gasteiger partial charge in [0.15, 0.2) is 0 Å². The smallest absolute Gasteiger partial charge is 0.328 e. The summed E-state index contributed by atoms with van der Waals surface area (Å²) in [6, 6.07) is 3.65. The van der Waals surface area contributed by atoms with Crippen LogP contribution in [0.1, 0.15) is 5.56 Å². The molecule has 0 saturated carbocycles. The summed E-state index contributed by atoms with van der Waals surface area (Å²) in [6.07, 6.45) is 0. The van der Waals surface area contributed by atoms with E-state index in [4.69, 9.17) is 0 Å². The number of aryl methyl sites for hydroxylation is 1. The zero-order chi connectivity index (χ0) is 11.0. The lowest BCUT2D eigenvalue weighted by molar-refractivity contribution is -0.115. The van der Waals surface area contributed by atoms with Crippen LogP contribution in [0.15, 0.2) is 18.2 Å². The van der Waals surface area contributed by atoms with E-state index in [2.05, 4.69) is 5.32 Å². The number of anilines is 1. The molecule has 1 aliphatic rings. The number of nitrogens with zero attached hydrogens (tertiary/aromatic N) is 1. The van der Waals surface area contributed by atoms with Gasteiger partial charge in [-0.2, -0.15) is 0 Å². The summed E-state index contributed by atoms with van der Waals surface area (Å²) in [5.74, 6) is -0.684. The van der Waals surface area contributed by atoms with Gasteiger partial charge in [-0.05, 0) is 30.7 Å². The maximum absolute atomic E-state index is 13.0. The van der Waals surface area contributed by atoms with Crippen molar-refractivity contribution in [3.63, 3.8) is 0 Å². The molecule has 1 heterocycles. The van der Waals surface area contributed by atoms with Crippen molar-refractivity contribution in [2.45, 2.75) is 6.92 Å². The molecule has 0 radical (unpaired) electrons. The topological polar surface area (TPSA) is 49.4 Å². The summed E-state index contributed by atoms with van der Waals surface area (Å²) in [5, 5.41) is 2.40. The van der Waals surface area contributed by atoms with E-state index in [-0.39, 0.29) is 18.3 Å². The molecule has 1 aromatic carbocycles. The lowest BCUT2D eigenvalue weighted by atomic mass is 10.2. The van der Waals surface area contributed by atoms with E-state index in [1.165, 1.54) is 18.2 Å². The molecule has 1 N–H and O–H groups in total. The Morgan fingerprint density at radius 2 is 2.13 bits per heavy atom. The number of carbonyl (C=O) groups excluding carboxylic acids is 2. The van der Waals surface area contributed by atoms with E-state index < -0.39 is 6.03 Å². The van der Waals surface area contributed by atoms with Gasteiger partial charge in [-0.3, -0.25) is 4.79 Å². The minimum atomic E-state index is -0.467. The molecule has 0 unspecified atom stereocenters. The quantitative estimate of drug-likeness (QED) is 0.705. The molecular weight excluding hydrogens is 199 g/mol. The van der Waals surface area contributed by atoms with Gasteiger partial charge in [0.05, 0.1) is 12.2 Å². The Hall–Kier alpha value is -1.91. The molecule has 1 aliphatic heterocycles. The maximum Gasteiger partial charge on any atom is 0.329 e. The van der Waals surface area contributed by atoms with Gasteiger partial charge < -0.3 is 5.32 Å². The van der Waals surface area contributed by atoms with E-state index in [0.29, 0.717) is 11.3 Å². The highest BCUT2D eigenvalue weighted by Gasteiger charge is 2.29. The highest BCUT2D eigenvalue weighted by Crippen LogP contribution is 2.20. The van der Waals surface area contributed by atoms with E-state index in [0.717, 1.165) is 4.90 Å². The number of halogens is 1. The van der Waals surface area contributed by atoms with Crippen LogP contribution in [-0.4, -0.2) is 18.5 Å². The van der Waals surface area contributed by atoms with E-state index in [1.807, 2.05) is 0 Å². The van der Waals surface area contributed by atoms with Gasteiger partial charge in [0, 0.05) is 0 Å². The summed E-state index contributed by atoms with van der Waals surface area (Å²) in [7, 11) is 0. The van der Waals surface area contributed by atoms with Crippen molar-refractivity contribution in [2.75, 3.05) is 11.4 Å². The highest BCUT2D eigenvalue weighted by atomic mass is 19.1. The molecule has 0 aromatic heterocycles. The van der Waals surface area contributed by atoms with Crippen LogP contribution in [0, 0.1) is 12.7 Å². The predicted octanol–water partition coefficient (Wildman–Crippen LogP) is 1.19. The van der Waals surface area contributed by atoms with Crippen molar-refractivity contribution in [3.05, 3.63) is 29.6 Å². The first-order valence-corrected chi connectivity index (χ1v) is 4.46. The van der Waals surface area contributed by atoms with Crippen LogP contribution >= 0.6 is 0 Å². The predicted molar refractivity (Wildman–Crippen MR) is 52.0 cm³/mol. The summed E-state index contributed by atoms with van der Waals surface area (Å²) in [5.41, 5.74) is 0.800. The van der Waals surface area contributed by atoms with Crippen molar-refractivity contribution >= 4 is 17.6 Å². The largest absolute Gasteiger partial charge is 0.329 e. The Bertz CT molecular complexity index is 429. The monoisotopic (exact) mass is 208 g/mol. The van der Waals surface area contributed by atoms with Crippen molar-refractivity contribution in [1.29, 1.82) is 0 Å². The summed E-state index contributed by atoms with van der Waals surface area (Å²) in [4.78, 5) is 23.6. The van der Waals surface area contributed by atoms with Crippen LogP contribution in [0.25, 0.3) is 0 Å². The summed E-state index contributed by atoms with van der Waals surface area (Å²) >= 11 is 0. The standard InChI is InChI=1S/C10H9FN2O2/c1-6-4-7(2-3-8(6)11)13-9(14)5-12-10(13)15/h2-4H,5H2,1H3,(H,12,15). The Kier molecular flexibility index (Phi) is 2.15. The van der Waals surface area contributed by atoms with Crippen LogP contribution < -0.4 is 10.2 Å². The first kappa shape index (κ1) is 9.64. The van der Waals surface area contributed by atoms with Crippen molar-refractivity contribution < 1.29 is 14.0 Å². The first-order chi connectivity index (χ1) is 7.09. The van der Waals surface area contributed by atoms with Crippen molar-refractivity contribution in [3.8, 4) is 0 Å². The third-order valence-corrected chi connectivity index (χ3v) is 2.24. The minimum absolute atomic E-state index is 0.00470. The van der Waals surface area contributed by atoms with E-state index >= 15 is 0 Å². The van der Waals surface area contributed by atoms with Crippen LogP contribution in [0.4, 0.5) is 14.9 Å². The Labute approximate surface area is 85.7 Å². The second-order valence-electron chi connectivity index (χ2n) is 3.32. The van der Waals surface area contributed by atoms with Gasteiger partial charge in [0.25, 0.3) is 5.91 Å². The lowest BCUT2D eigenvalue weighted by Crippen LogP contribution is -2.30. The number of urea groups is 1. The maximum atomic E-state index is 13.0. The molecule has 0 atom stereocenters. The Morgan fingerprint density at radius 1 is 1.40 bits per heavy atom. The minimum Gasteiger partial charge on any atom is -0.328 e. The fourth-order valence-electron chi connectivity index (χ4n) is 1.45. The number of nitrogens with one attached hydrogen (secondary N) is 1. The molecule has 1 fully saturated rings. The molecule has 5 heteroatoms. The molecule has 0 bridgehead atoms. The molecular formula is C10H9FN2O2. The van der Waals surface area contributed by atoms with Crippen LogP contribution in [0.3, 0.4) is 0 Å². The molecule has 78 valence electrons. The number of hydrogen-bond donors (Lipinski definition) is 1. The van der Waals surface area contributed by atoms with Gasteiger partial charge in [0.2, 0.25) is 0 Å². The Balaban J connectivity index is 2.41. The zero-order valence-electron chi connectivity index (χ0n) is 8.08. The summed E-state index contributed by atoms with van der Waals surface area (Å²) in [6.45, 7) is 1.58.